The van der Waals surface area contributed by atoms with Gasteiger partial charge in [-0.1, -0.05) is 44.2 Å². The summed E-state index contributed by atoms with van der Waals surface area (Å²) in [5.74, 6) is 1.06. The van der Waals surface area contributed by atoms with E-state index in [0.717, 1.165) is 35.7 Å². The summed E-state index contributed by atoms with van der Waals surface area (Å²) >= 11 is 0. The van der Waals surface area contributed by atoms with E-state index in [-0.39, 0.29) is 22.8 Å². The molecule has 2 aromatic carbocycles. The van der Waals surface area contributed by atoms with Gasteiger partial charge < -0.3 is 10.1 Å². The van der Waals surface area contributed by atoms with Crippen molar-refractivity contribution in [3.63, 3.8) is 0 Å². The molecule has 1 N–H and O–H groups in total. The Morgan fingerprint density at radius 3 is 2.53 bits per heavy atom. The molecule has 2 aliphatic carbocycles. The molecule has 2 aliphatic rings. The van der Waals surface area contributed by atoms with Gasteiger partial charge in [0.15, 0.2) is 5.78 Å². The van der Waals surface area contributed by atoms with Gasteiger partial charge in [-0.3, -0.25) is 9.69 Å². The van der Waals surface area contributed by atoms with E-state index < -0.39 is 0 Å². The van der Waals surface area contributed by atoms with Gasteiger partial charge in [0.1, 0.15) is 0 Å². The van der Waals surface area contributed by atoms with Crippen LogP contribution < -0.4 is 5.32 Å². The third kappa shape index (κ3) is 5.41. The van der Waals surface area contributed by atoms with Crippen molar-refractivity contribution in [3.05, 3.63) is 65.2 Å². The largest absolute Gasteiger partial charge is 0.378 e. The van der Waals surface area contributed by atoms with E-state index in [1.807, 2.05) is 24.3 Å². The molecule has 1 fully saturated rings. The summed E-state index contributed by atoms with van der Waals surface area (Å²) in [4.78, 5) is 15.6. The van der Waals surface area contributed by atoms with Crippen LogP contribution in [0.15, 0.2) is 48.5 Å². The van der Waals surface area contributed by atoms with Crippen molar-refractivity contribution in [1.29, 1.82) is 0 Å². The molecule has 2 aromatic rings. The van der Waals surface area contributed by atoms with E-state index in [1.165, 1.54) is 18.4 Å². The molecule has 0 saturated heterocycles. The van der Waals surface area contributed by atoms with Crippen molar-refractivity contribution in [2.75, 3.05) is 25.5 Å². The maximum atomic E-state index is 13.3. The Morgan fingerprint density at radius 1 is 1.12 bits per heavy atom. The number of nitrogens with zero attached hydrogens (tertiary/aromatic N) is 1. The predicted octanol–water partition coefficient (Wildman–Crippen LogP) is 5.67. The monoisotopic (exact) mass is 434 g/mol. The van der Waals surface area contributed by atoms with Gasteiger partial charge in [0.25, 0.3) is 0 Å². The quantitative estimate of drug-likeness (QED) is 0.552. The van der Waals surface area contributed by atoms with Crippen molar-refractivity contribution >= 4 is 11.5 Å². The second kappa shape index (κ2) is 8.99. The van der Waals surface area contributed by atoms with E-state index in [9.17, 15) is 4.79 Å². The fourth-order valence-electron chi connectivity index (χ4n) is 4.88. The summed E-state index contributed by atoms with van der Waals surface area (Å²) in [7, 11) is 2.12. The maximum absolute atomic E-state index is 13.3. The molecule has 4 nitrogen and oxygen atoms in total. The number of hydrogen-bond acceptors (Lipinski definition) is 4. The molecule has 4 rings (SSSR count). The molecule has 0 radical (unpaired) electrons. The number of ketones is 1. The standard InChI is InChI=1S/C28H38N2O2/c1-27(2)16-25(30(5)17-20-11-12-20)26(31)23-14-13-22(15-24(23)27)29-28(3,4)19-32-18-21-9-7-6-8-10-21/h6-10,13-15,20,25,29H,11-12,16-19H2,1-5H3. The topological polar surface area (TPSA) is 41.6 Å². The van der Waals surface area contributed by atoms with Crippen LogP contribution in [-0.4, -0.2) is 42.5 Å². The van der Waals surface area contributed by atoms with Crippen LogP contribution >= 0.6 is 0 Å². The molecule has 1 saturated carbocycles. The third-order valence-corrected chi connectivity index (χ3v) is 6.85. The van der Waals surface area contributed by atoms with E-state index in [2.05, 4.69) is 69.2 Å². The molecule has 0 aromatic heterocycles. The highest BCUT2D eigenvalue weighted by Crippen LogP contribution is 2.41. The lowest BCUT2D eigenvalue weighted by atomic mass is 9.69. The van der Waals surface area contributed by atoms with Crippen LogP contribution in [0.5, 0.6) is 0 Å². The summed E-state index contributed by atoms with van der Waals surface area (Å²) in [6.45, 7) is 11.1. The van der Waals surface area contributed by atoms with Crippen LogP contribution in [0, 0.1) is 5.92 Å². The van der Waals surface area contributed by atoms with Gasteiger partial charge >= 0.3 is 0 Å². The Bertz CT molecular complexity index is 947. The summed E-state index contributed by atoms with van der Waals surface area (Å²) in [5.41, 5.74) is 4.00. The number of benzene rings is 2. The van der Waals surface area contributed by atoms with Crippen molar-refractivity contribution in [2.24, 2.45) is 5.92 Å². The number of nitrogens with one attached hydrogen (secondary N) is 1. The zero-order valence-electron chi connectivity index (χ0n) is 20.3. The molecule has 0 bridgehead atoms. The molecule has 0 heterocycles. The highest BCUT2D eigenvalue weighted by molar-refractivity contribution is 6.03. The highest BCUT2D eigenvalue weighted by atomic mass is 16.5. The molecule has 0 spiro atoms. The van der Waals surface area contributed by atoms with Gasteiger partial charge in [-0.15, -0.1) is 0 Å². The highest BCUT2D eigenvalue weighted by Gasteiger charge is 2.41. The zero-order chi connectivity index (χ0) is 22.9. The number of Topliss-reactive ketones (excluding diaryl/α,β-unsaturated/α-hetero) is 1. The Hall–Kier alpha value is -2.17. The summed E-state index contributed by atoms with van der Waals surface area (Å²) in [6, 6.07) is 16.5. The fourth-order valence-corrected chi connectivity index (χ4v) is 4.88. The summed E-state index contributed by atoms with van der Waals surface area (Å²) < 4.78 is 5.98. The molecular formula is C28H38N2O2. The van der Waals surface area contributed by atoms with Crippen molar-refractivity contribution < 1.29 is 9.53 Å². The minimum Gasteiger partial charge on any atom is -0.378 e. The van der Waals surface area contributed by atoms with Crippen LogP contribution in [0.25, 0.3) is 0 Å². The number of hydrogen-bond donors (Lipinski definition) is 1. The first-order valence-corrected chi connectivity index (χ1v) is 11.9. The van der Waals surface area contributed by atoms with Crippen LogP contribution in [0.2, 0.25) is 0 Å². The van der Waals surface area contributed by atoms with Crippen LogP contribution in [-0.2, 0) is 16.8 Å². The molecular weight excluding hydrogens is 396 g/mol. The van der Waals surface area contributed by atoms with Crippen LogP contribution in [0.1, 0.15) is 68.4 Å². The molecule has 1 unspecified atom stereocenters. The Morgan fingerprint density at radius 2 is 1.84 bits per heavy atom. The van der Waals surface area contributed by atoms with Crippen molar-refractivity contribution in [1.82, 2.24) is 4.90 Å². The first kappa shape index (κ1) is 23.0. The van der Waals surface area contributed by atoms with Gasteiger partial charge in [0, 0.05) is 17.8 Å². The van der Waals surface area contributed by atoms with E-state index in [4.69, 9.17) is 4.74 Å². The average molecular weight is 435 g/mol. The lowest BCUT2D eigenvalue weighted by molar-refractivity contribution is 0.0778. The second-order valence-corrected chi connectivity index (χ2v) is 11.1. The average Bonchev–Trinajstić information content (AvgIpc) is 3.55. The van der Waals surface area contributed by atoms with Crippen LogP contribution in [0.3, 0.4) is 0 Å². The lowest BCUT2D eigenvalue weighted by Crippen LogP contribution is -2.47. The number of likely N-dealkylation sites (N-methyl/N-ethyl adjacent to an activating group) is 1. The number of ether oxygens (including phenoxy) is 1. The molecule has 0 aliphatic heterocycles. The van der Waals surface area contributed by atoms with Gasteiger partial charge in [0.2, 0.25) is 0 Å². The first-order valence-electron chi connectivity index (χ1n) is 11.9. The molecule has 32 heavy (non-hydrogen) atoms. The Kier molecular flexibility index (Phi) is 6.46. The molecule has 4 heteroatoms. The Labute approximate surface area is 193 Å². The molecule has 172 valence electrons. The normalized spacial score (nSPS) is 20.3. The zero-order valence-corrected chi connectivity index (χ0v) is 20.3. The minimum absolute atomic E-state index is 0.0141. The van der Waals surface area contributed by atoms with Gasteiger partial charge in [0.05, 0.1) is 24.8 Å². The van der Waals surface area contributed by atoms with E-state index >= 15 is 0 Å². The second-order valence-electron chi connectivity index (χ2n) is 11.1. The summed E-state index contributed by atoms with van der Waals surface area (Å²) in [5, 5.41) is 3.63. The minimum atomic E-state index is -0.223. The number of fused-ring (bicyclic) bond motifs is 1. The smallest absolute Gasteiger partial charge is 0.180 e. The first-order chi connectivity index (χ1) is 15.1. The van der Waals surface area contributed by atoms with Crippen molar-refractivity contribution in [3.8, 4) is 0 Å². The number of anilines is 1. The van der Waals surface area contributed by atoms with E-state index in [0.29, 0.717) is 13.2 Å². The summed E-state index contributed by atoms with van der Waals surface area (Å²) in [6.07, 6.45) is 3.49. The number of rotatable bonds is 9. The van der Waals surface area contributed by atoms with Gasteiger partial charge in [-0.05, 0) is 80.8 Å². The SMILES string of the molecule is CN(CC1CC1)C1CC(C)(C)c2cc(NC(C)(C)COCc3ccccc3)ccc2C1=O. The van der Waals surface area contributed by atoms with Gasteiger partial charge in [-0.25, -0.2) is 0 Å². The van der Waals surface area contributed by atoms with Gasteiger partial charge in [-0.2, -0.15) is 0 Å². The van der Waals surface area contributed by atoms with Crippen molar-refractivity contribution in [2.45, 2.75) is 70.6 Å². The number of carbonyl (C=O) groups is 1. The predicted molar refractivity (Wildman–Crippen MR) is 131 cm³/mol. The third-order valence-electron chi connectivity index (χ3n) is 6.85. The Balaban J connectivity index is 1.44. The lowest BCUT2D eigenvalue weighted by Gasteiger charge is -2.40. The maximum Gasteiger partial charge on any atom is 0.180 e. The number of carbonyl (C=O) groups excluding carboxylic acids is 1. The molecule has 0 amide bonds. The van der Waals surface area contributed by atoms with E-state index in [1.54, 1.807) is 0 Å². The van der Waals surface area contributed by atoms with Crippen LogP contribution in [0.4, 0.5) is 5.69 Å². The fraction of sp³-hybridized carbons (Fsp3) is 0.536. The molecule has 1 atom stereocenters.